The molecule has 10 heteroatoms. The van der Waals surface area contributed by atoms with E-state index in [9.17, 15) is 27.9 Å². The third-order valence-corrected chi connectivity index (χ3v) is 5.92. The van der Waals surface area contributed by atoms with Crippen molar-refractivity contribution in [1.82, 2.24) is 14.8 Å². The summed E-state index contributed by atoms with van der Waals surface area (Å²) in [5, 5.41) is 13.3. The Morgan fingerprint density at radius 3 is 2.62 bits per heavy atom. The molecule has 0 aliphatic heterocycles. The number of carbonyl (C=O) groups is 2. The van der Waals surface area contributed by atoms with Crippen molar-refractivity contribution >= 4 is 40.1 Å². The van der Waals surface area contributed by atoms with Gasteiger partial charge in [0.05, 0.1) is 27.6 Å². The van der Waals surface area contributed by atoms with E-state index >= 15 is 0 Å². The molecule has 1 aliphatic rings. The molecular formula is C22H17ClF3N3O3. The van der Waals surface area contributed by atoms with Gasteiger partial charge in [0.25, 0.3) is 5.91 Å². The van der Waals surface area contributed by atoms with E-state index < -0.39 is 35.1 Å². The molecule has 3 aromatic rings. The fourth-order valence-electron chi connectivity index (χ4n) is 4.04. The van der Waals surface area contributed by atoms with Crippen molar-refractivity contribution in [3.63, 3.8) is 0 Å². The van der Waals surface area contributed by atoms with Crippen molar-refractivity contribution in [2.45, 2.75) is 25.9 Å². The lowest BCUT2D eigenvalue weighted by atomic mass is 9.81. The lowest BCUT2D eigenvalue weighted by Gasteiger charge is -2.23. The average molecular weight is 464 g/mol. The number of carbonyl (C=O) groups excluding carboxylic acids is 1. The molecule has 2 atom stereocenters. The van der Waals surface area contributed by atoms with Crippen LogP contribution in [0, 0.1) is 11.8 Å². The van der Waals surface area contributed by atoms with Crippen LogP contribution in [0.3, 0.4) is 0 Å². The fourth-order valence-corrected chi connectivity index (χ4v) is 4.30. The van der Waals surface area contributed by atoms with E-state index in [0.717, 1.165) is 16.8 Å². The summed E-state index contributed by atoms with van der Waals surface area (Å²) in [7, 11) is 0. The molecule has 166 valence electrons. The maximum Gasteiger partial charge on any atom is 0.417 e. The predicted octanol–water partition coefficient (Wildman–Crippen LogP) is 5.31. The van der Waals surface area contributed by atoms with Crippen molar-refractivity contribution in [2.75, 3.05) is 0 Å². The second-order valence-corrected chi connectivity index (χ2v) is 8.04. The van der Waals surface area contributed by atoms with E-state index in [1.54, 1.807) is 19.1 Å². The van der Waals surface area contributed by atoms with Crippen LogP contribution in [0.5, 0.6) is 0 Å². The lowest BCUT2D eigenvalue weighted by Crippen LogP contribution is -2.23. The summed E-state index contributed by atoms with van der Waals surface area (Å²) in [4.78, 5) is 28.9. The zero-order valence-corrected chi connectivity index (χ0v) is 17.5. The number of carboxylic acids is 1. The highest BCUT2D eigenvalue weighted by Gasteiger charge is 2.37. The van der Waals surface area contributed by atoms with Gasteiger partial charge >= 0.3 is 12.1 Å². The third kappa shape index (κ3) is 3.77. The fraction of sp³-hybridized carbons (Fsp3) is 0.273. The molecule has 2 aromatic heterocycles. The number of fused-ring (bicyclic) bond motifs is 1. The first-order valence-corrected chi connectivity index (χ1v) is 10.2. The Bertz CT molecular complexity index is 1270. The molecule has 1 aromatic carbocycles. The molecule has 4 rings (SSSR count). The van der Waals surface area contributed by atoms with Crippen LogP contribution < -0.4 is 0 Å². The normalized spacial score (nSPS) is 19.1. The Morgan fingerprint density at radius 2 is 1.97 bits per heavy atom. The molecule has 6 nitrogen and oxygen atoms in total. The molecule has 0 saturated heterocycles. The Hall–Kier alpha value is -3.20. The van der Waals surface area contributed by atoms with E-state index in [0.29, 0.717) is 29.6 Å². The highest BCUT2D eigenvalue weighted by Crippen LogP contribution is 2.38. The van der Waals surface area contributed by atoms with Crippen molar-refractivity contribution < 1.29 is 27.9 Å². The summed E-state index contributed by atoms with van der Waals surface area (Å²) in [6.45, 7) is 1.77. The van der Waals surface area contributed by atoms with Crippen LogP contribution in [-0.4, -0.2) is 31.7 Å². The monoisotopic (exact) mass is 463 g/mol. The molecular weight excluding hydrogens is 447 g/mol. The van der Waals surface area contributed by atoms with Gasteiger partial charge in [0.2, 0.25) is 0 Å². The average Bonchev–Trinajstić information content (AvgIpc) is 3.12. The summed E-state index contributed by atoms with van der Waals surface area (Å²) in [6, 6.07) is 6.22. The maximum absolute atomic E-state index is 13.5. The minimum absolute atomic E-state index is 0.231. The highest BCUT2D eigenvalue weighted by molar-refractivity contribution is 6.34. The summed E-state index contributed by atoms with van der Waals surface area (Å²) in [5.74, 6) is -2.75. The van der Waals surface area contributed by atoms with Crippen LogP contribution in [0.15, 0.2) is 42.6 Å². The zero-order chi connectivity index (χ0) is 23.2. The lowest BCUT2D eigenvalue weighted by molar-refractivity contribution is -0.143. The topological polar surface area (TPSA) is 85.1 Å². The Balaban J connectivity index is 1.87. The number of aliphatic carboxylic acids is 1. The number of hydrogen-bond acceptors (Lipinski definition) is 4. The second-order valence-electron chi connectivity index (χ2n) is 7.63. The predicted molar refractivity (Wildman–Crippen MR) is 111 cm³/mol. The minimum Gasteiger partial charge on any atom is -0.481 e. The summed E-state index contributed by atoms with van der Waals surface area (Å²) in [6.07, 6.45) is -0.762. The largest absolute Gasteiger partial charge is 0.481 e. The Morgan fingerprint density at radius 1 is 1.22 bits per heavy atom. The van der Waals surface area contributed by atoms with E-state index in [1.165, 1.54) is 18.3 Å². The van der Waals surface area contributed by atoms with Crippen LogP contribution in [-0.2, 0) is 11.0 Å². The van der Waals surface area contributed by atoms with Crippen LogP contribution in [0.2, 0.25) is 5.02 Å². The third-order valence-electron chi connectivity index (χ3n) is 5.61. The van der Waals surface area contributed by atoms with Gasteiger partial charge in [-0.1, -0.05) is 30.7 Å². The quantitative estimate of drug-likeness (QED) is 0.569. The maximum atomic E-state index is 13.5. The molecule has 0 fully saturated rings. The van der Waals surface area contributed by atoms with E-state index in [2.05, 4.69) is 10.1 Å². The number of halogens is 4. The number of pyridine rings is 1. The van der Waals surface area contributed by atoms with Crippen LogP contribution >= 0.6 is 11.6 Å². The first-order chi connectivity index (χ1) is 15.1. The molecule has 1 N–H and O–H groups in total. The van der Waals surface area contributed by atoms with Crippen molar-refractivity contribution in [3.8, 4) is 0 Å². The molecule has 0 bridgehead atoms. The summed E-state index contributed by atoms with van der Waals surface area (Å²) < 4.78 is 41.5. The van der Waals surface area contributed by atoms with Gasteiger partial charge in [0.1, 0.15) is 11.2 Å². The molecule has 0 amide bonds. The molecule has 0 saturated carbocycles. The number of rotatable bonds is 3. The van der Waals surface area contributed by atoms with Gasteiger partial charge in [0, 0.05) is 6.20 Å². The van der Waals surface area contributed by atoms with Crippen LogP contribution in [0.1, 0.15) is 41.4 Å². The van der Waals surface area contributed by atoms with Crippen LogP contribution in [0.4, 0.5) is 13.2 Å². The highest BCUT2D eigenvalue weighted by atomic mass is 35.5. The van der Waals surface area contributed by atoms with E-state index in [1.807, 2.05) is 0 Å². The molecule has 0 radical (unpaired) electrons. The molecule has 2 unspecified atom stereocenters. The number of benzene rings is 1. The number of carboxylic acid groups (broad SMARTS) is 1. The number of allylic oxidation sites excluding steroid dienone is 2. The number of hydrogen-bond donors (Lipinski definition) is 1. The first kappa shape index (κ1) is 22.0. The molecule has 32 heavy (non-hydrogen) atoms. The smallest absolute Gasteiger partial charge is 0.417 e. The van der Waals surface area contributed by atoms with E-state index in [4.69, 9.17) is 11.6 Å². The van der Waals surface area contributed by atoms with Gasteiger partial charge in [0.15, 0.2) is 0 Å². The standard InChI is InChI=1S/C22H17ClF3N3O3/c1-11-10-12(7-8-13(11)21(31)32)18-19-16(6-3-9-27-19)29(28-18)20(30)17-14(22(24,25)26)4-2-5-15(17)23/h2-6,9-11,13H,7-8H2,1H3,(H,31,32). The molecule has 1 aliphatic carbocycles. The molecule has 2 heterocycles. The van der Waals surface area contributed by atoms with Gasteiger partial charge in [-0.3, -0.25) is 14.6 Å². The van der Waals surface area contributed by atoms with Crippen molar-refractivity contribution in [1.29, 1.82) is 0 Å². The number of alkyl halides is 3. The van der Waals surface area contributed by atoms with Gasteiger partial charge in [-0.05, 0) is 48.6 Å². The van der Waals surface area contributed by atoms with Crippen LogP contribution in [0.25, 0.3) is 16.6 Å². The van der Waals surface area contributed by atoms with E-state index in [-0.39, 0.29) is 16.5 Å². The first-order valence-electron chi connectivity index (χ1n) is 9.77. The second kappa shape index (κ2) is 8.05. The summed E-state index contributed by atoms with van der Waals surface area (Å²) >= 11 is 6.01. The Kier molecular flexibility index (Phi) is 5.54. The van der Waals surface area contributed by atoms with Crippen molar-refractivity contribution in [2.24, 2.45) is 11.8 Å². The van der Waals surface area contributed by atoms with Gasteiger partial charge in [-0.2, -0.15) is 23.0 Å². The number of aromatic nitrogens is 3. The SMILES string of the molecule is CC1C=C(c2nn(C(=O)c3c(Cl)cccc3C(F)(F)F)c3cccnc23)CCC1C(=O)O. The van der Waals surface area contributed by atoms with Gasteiger partial charge < -0.3 is 5.11 Å². The zero-order valence-electron chi connectivity index (χ0n) is 16.7. The number of nitrogens with zero attached hydrogens (tertiary/aromatic N) is 3. The minimum atomic E-state index is -4.78. The van der Waals surface area contributed by atoms with Gasteiger partial charge in [-0.15, -0.1) is 0 Å². The Labute approximate surface area is 185 Å². The van der Waals surface area contributed by atoms with Crippen molar-refractivity contribution in [3.05, 3.63) is 64.4 Å². The summed E-state index contributed by atoms with van der Waals surface area (Å²) in [5.41, 5.74) is -0.244. The van der Waals surface area contributed by atoms with Gasteiger partial charge in [-0.25, -0.2) is 0 Å². The molecule has 0 spiro atoms.